The van der Waals surface area contributed by atoms with E-state index in [1.807, 2.05) is 0 Å². The van der Waals surface area contributed by atoms with Crippen LogP contribution < -0.4 is 0 Å². The molecule has 4 nitrogen and oxygen atoms in total. The Balaban J connectivity index is 2.08. The summed E-state index contributed by atoms with van der Waals surface area (Å²) in [6, 6.07) is 1.45. The van der Waals surface area contributed by atoms with E-state index in [0.717, 1.165) is 6.42 Å². The fraction of sp³-hybridized carbons (Fsp3) is 0.500. The van der Waals surface area contributed by atoms with Crippen LogP contribution >= 0.6 is 0 Å². The molecule has 0 spiro atoms. The lowest BCUT2D eigenvalue weighted by Crippen LogP contribution is -2.04. The lowest BCUT2D eigenvalue weighted by molar-refractivity contribution is 0.0690. The average Bonchev–Trinajstić information content (AvgIpc) is 2.81. The predicted octanol–water partition coefficient (Wildman–Crippen LogP) is 2.42. The Kier molecular flexibility index (Phi) is 3.93. The van der Waals surface area contributed by atoms with Gasteiger partial charge in [0.1, 0.15) is 0 Å². The molecule has 1 aromatic rings. The van der Waals surface area contributed by atoms with Crippen LogP contribution in [0.25, 0.3) is 0 Å². The van der Waals surface area contributed by atoms with E-state index in [1.54, 1.807) is 6.92 Å². The maximum Gasteiger partial charge on any atom is 0.354 e. The molecule has 1 aliphatic rings. The normalized spacial score (nSPS) is 15.2. The lowest BCUT2D eigenvalue weighted by atomic mass is 10.1. The molecule has 0 unspecified atom stereocenters. The van der Waals surface area contributed by atoms with Crippen molar-refractivity contribution in [2.45, 2.75) is 39.0 Å². The van der Waals surface area contributed by atoms with Gasteiger partial charge in [-0.15, -0.1) is 0 Å². The summed E-state index contributed by atoms with van der Waals surface area (Å²) < 4.78 is 0. The average molecular weight is 244 g/mol. The second kappa shape index (κ2) is 5.63. The molecule has 4 heteroatoms. The summed E-state index contributed by atoms with van der Waals surface area (Å²) in [5.74, 6) is 5.91. The molecule has 1 saturated carbocycles. The van der Waals surface area contributed by atoms with E-state index in [4.69, 9.17) is 5.11 Å². The fourth-order valence-electron chi connectivity index (χ4n) is 2.22. The van der Waals surface area contributed by atoms with Gasteiger partial charge in [-0.1, -0.05) is 18.8 Å². The summed E-state index contributed by atoms with van der Waals surface area (Å²) in [6.45, 7) is 1.75. The van der Waals surface area contributed by atoms with Crippen molar-refractivity contribution in [3.63, 3.8) is 0 Å². The highest BCUT2D eigenvalue weighted by molar-refractivity contribution is 5.85. The molecule has 0 aliphatic heterocycles. The maximum absolute atomic E-state index is 10.8. The number of nitrogens with zero attached hydrogens (tertiary/aromatic N) is 2. The Morgan fingerprint density at radius 2 is 2.17 bits per heavy atom. The van der Waals surface area contributed by atoms with Crippen molar-refractivity contribution in [2.24, 2.45) is 5.92 Å². The maximum atomic E-state index is 10.8. The van der Waals surface area contributed by atoms with Crippen molar-refractivity contribution in [1.29, 1.82) is 0 Å². The third-order valence-electron chi connectivity index (χ3n) is 3.14. The van der Waals surface area contributed by atoms with Crippen molar-refractivity contribution in [2.75, 3.05) is 0 Å². The van der Waals surface area contributed by atoms with E-state index < -0.39 is 5.97 Å². The molecule has 0 saturated heterocycles. The monoisotopic (exact) mass is 244 g/mol. The summed E-state index contributed by atoms with van der Waals surface area (Å²) in [5, 5.41) is 8.89. The van der Waals surface area contributed by atoms with Crippen molar-refractivity contribution in [3.8, 4) is 11.8 Å². The third kappa shape index (κ3) is 3.30. The Hall–Kier alpha value is -1.89. The van der Waals surface area contributed by atoms with Crippen LogP contribution in [-0.4, -0.2) is 21.0 Å². The SMILES string of the molecule is Cc1cc(C(=O)O)nc(C#CCC2CCCC2)n1. The van der Waals surface area contributed by atoms with Crippen LogP contribution in [0.1, 0.15) is 54.1 Å². The summed E-state index contributed by atoms with van der Waals surface area (Å²) in [5.41, 5.74) is 0.639. The molecule has 0 atom stereocenters. The van der Waals surface area contributed by atoms with Crippen molar-refractivity contribution < 1.29 is 9.90 Å². The number of carbonyl (C=O) groups is 1. The molecular weight excluding hydrogens is 228 g/mol. The van der Waals surface area contributed by atoms with Gasteiger partial charge in [0.2, 0.25) is 5.82 Å². The summed E-state index contributed by atoms with van der Waals surface area (Å²) >= 11 is 0. The number of hydrogen-bond donors (Lipinski definition) is 1. The Bertz CT molecular complexity index is 508. The van der Waals surface area contributed by atoms with Gasteiger partial charge in [-0.05, 0) is 37.7 Å². The van der Waals surface area contributed by atoms with Gasteiger partial charge in [-0.3, -0.25) is 0 Å². The van der Waals surface area contributed by atoms with Crippen LogP contribution in [0.5, 0.6) is 0 Å². The minimum absolute atomic E-state index is 0.00710. The molecule has 0 amide bonds. The van der Waals surface area contributed by atoms with E-state index in [0.29, 0.717) is 17.4 Å². The molecule has 1 aromatic heterocycles. The second-order valence-corrected chi connectivity index (χ2v) is 4.68. The van der Waals surface area contributed by atoms with Gasteiger partial charge in [0, 0.05) is 12.1 Å². The minimum atomic E-state index is -1.04. The minimum Gasteiger partial charge on any atom is -0.477 e. The Morgan fingerprint density at radius 1 is 1.44 bits per heavy atom. The molecule has 2 rings (SSSR count). The Morgan fingerprint density at radius 3 is 2.83 bits per heavy atom. The molecule has 0 bridgehead atoms. The zero-order valence-electron chi connectivity index (χ0n) is 10.4. The topological polar surface area (TPSA) is 63.1 Å². The zero-order valence-corrected chi connectivity index (χ0v) is 10.4. The van der Waals surface area contributed by atoms with Crippen LogP contribution in [0.4, 0.5) is 0 Å². The number of aryl methyl sites for hydroxylation is 1. The van der Waals surface area contributed by atoms with E-state index in [1.165, 1.54) is 31.7 Å². The van der Waals surface area contributed by atoms with Crippen LogP contribution in [0.15, 0.2) is 6.07 Å². The van der Waals surface area contributed by atoms with Gasteiger partial charge in [0.15, 0.2) is 5.69 Å². The molecular formula is C14H16N2O2. The molecule has 1 fully saturated rings. The van der Waals surface area contributed by atoms with E-state index in [-0.39, 0.29) is 5.69 Å². The highest BCUT2D eigenvalue weighted by Crippen LogP contribution is 2.26. The molecule has 0 aromatic carbocycles. The summed E-state index contributed by atoms with van der Waals surface area (Å²) in [4.78, 5) is 18.9. The first-order chi connectivity index (χ1) is 8.65. The van der Waals surface area contributed by atoms with Gasteiger partial charge < -0.3 is 5.11 Å². The molecule has 94 valence electrons. The zero-order chi connectivity index (χ0) is 13.0. The van der Waals surface area contributed by atoms with E-state index in [2.05, 4.69) is 21.8 Å². The van der Waals surface area contributed by atoms with E-state index >= 15 is 0 Å². The van der Waals surface area contributed by atoms with Crippen LogP contribution in [0.3, 0.4) is 0 Å². The standard InChI is InChI=1S/C14H16N2O2/c1-10-9-12(14(17)18)16-13(15-10)8-4-7-11-5-2-3-6-11/h9,11H,2-3,5-7H2,1H3,(H,17,18). The molecule has 1 N–H and O–H groups in total. The quantitative estimate of drug-likeness (QED) is 0.811. The van der Waals surface area contributed by atoms with Gasteiger partial charge in [0.05, 0.1) is 0 Å². The third-order valence-corrected chi connectivity index (χ3v) is 3.14. The number of carboxylic acids is 1. The van der Waals surface area contributed by atoms with Gasteiger partial charge in [-0.2, -0.15) is 0 Å². The number of hydrogen-bond acceptors (Lipinski definition) is 3. The van der Waals surface area contributed by atoms with E-state index in [9.17, 15) is 4.79 Å². The molecule has 18 heavy (non-hydrogen) atoms. The first-order valence-electron chi connectivity index (χ1n) is 6.23. The van der Waals surface area contributed by atoms with Crippen LogP contribution in [-0.2, 0) is 0 Å². The fourth-order valence-corrected chi connectivity index (χ4v) is 2.22. The lowest BCUT2D eigenvalue weighted by Gasteiger charge is -2.00. The number of aromatic carboxylic acids is 1. The van der Waals surface area contributed by atoms with Crippen LogP contribution in [0.2, 0.25) is 0 Å². The van der Waals surface area contributed by atoms with Gasteiger partial charge in [-0.25, -0.2) is 14.8 Å². The first-order valence-corrected chi connectivity index (χ1v) is 6.23. The number of rotatable bonds is 2. The molecule has 0 radical (unpaired) electrons. The largest absolute Gasteiger partial charge is 0.477 e. The highest BCUT2D eigenvalue weighted by Gasteiger charge is 2.13. The number of aromatic nitrogens is 2. The van der Waals surface area contributed by atoms with Gasteiger partial charge >= 0.3 is 5.97 Å². The van der Waals surface area contributed by atoms with Crippen LogP contribution in [0, 0.1) is 24.7 Å². The predicted molar refractivity (Wildman–Crippen MR) is 67.2 cm³/mol. The number of carboxylic acid groups (broad SMARTS) is 1. The molecule has 1 heterocycles. The summed E-state index contributed by atoms with van der Waals surface area (Å²) in [7, 11) is 0. The first kappa shape index (κ1) is 12.6. The smallest absolute Gasteiger partial charge is 0.354 e. The second-order valence-electron chi connectivity index (χ2n) is 4.68. The van der Waals surface area contributed by atoms with Gasteiger partial charge in [0.25, 0.3) is 0 Å². The van der Waals surface area contributed by atoms with Crippen molar-refractivity contribution in [1.82, 2.24) is 9.97 Å². The van der Waals surface area contributed by atoms with Crippen molar-refractivity contribution in [3.05, 3.63) is 23.3 Å². The summed E-state index contributed by atoms with van der Waals surface area (Å²) in [6.07, 6.45) is 5.97. The Labute approximate surface area is 106 Å². The molecule has 1 aliphatic carbocycles. The van der Waals surface area contributed by atoms with Crippen molar-refractivity contribution >= 4 is 5.97 Å². The highest BCUT2D eigenvalue weighted by atomic mass is 16.4.